The number of ether oxygens (including phenoxy) is 1. The van der Waals surface area contributed by atoms with Crippen molar-refractivity contribution in [3.8, 4) is 10.7 Å². The summed E-state index contributed by atoms with van der Waals surface area (Å²) in [5.74, 6) is 0.944. The molecule has 0 amide bonds. The molecule has 0 radical (unpaired) electrons. The van der Waals surface area contributed by atoms with Gasteiger partial charge in [-0.25, -0.2) is 4.98 Å². The number of rotatable bonds is 8. The Morgan fingerprint density at radius 3 is 3.05 bits per heavy atom. The second-order valence-electron chi connectivity index (χ2n) is 4.54. The highest BCUT2D eigenvalue weighted by Crippen LogP contribution is 2.23. The van der Waals surface area contributed by atoms with Gasteiger partial charge in [0, 0.05) is 25.4 Å². The summed E-state index contributed by atoms with van der Waals surface area (Å²) in [5, 5.41) is 2.06. The summed E-state index contributed by atoms with van der Waals surface area (Å²) in [6.45, 7) is 3.25. The van der Waals surface area contributed by atoms with Crippen molar-refractivity contribution in [2.45, 2.75) is 39.2 Å². The number of nitrogens with zero attached hydrogens (tertiary/aromatic N) is 2. The molecule has 2 heterocycles. The molecule has 0 bridgehead atoms. The van der Waals surface area contributed by atoms with Crippen LogP contribution in [0, 0.1) is 0 Å². The Kier molecular flexibility index (Phi) is 5.80. The third-order valence-electron chi connectivity index (χ3n) is 3.04. The first-order valence-electron chi connectivity index (χ1n) is 7.02. The predicted octanol–water partition coefficient (Wildman–Crippen LogP) is 3.74. The standard InChI is InChI=1S/C15H20N2O2S/c1-2-19-14(18)8-4-3-5-10-17-11-9-16-15(17)13-7-6-12-20-13/h6-7,9,11-12H,2-5,8,10H2,1H3. The number of carbonyl (C=O) groups excluding carboxylic acids is 1. The van der Waals surface area contributed by atoms with Crippen molar-refractivity contribution in [1.82, 2.24) is 9.55 Å². The number of thiophene rings is 1. The molecule has 0 atom stereocenters. The molecule has 0 unspecified atom stereocenters. The van der Waals surface area contributed by atoms with Gasteiger partial charge in [0.25, 0.3) is 0 Å². The molecule has 2 aromatic heterocycles. The molecular formula is C15H20N2O2S. The van der Waals surface area contributed by atoms with E-state index in [-0.39, 0.29) is 5.97 Å². The fourth-order valence-corrected chi connectivity index (χ4v) is 2.82. The van der Waals surface area contributed by atoms with E-state index >= 15 is 0 Å². The average Bonchev–Trinajstić information content (AvgIpc) is 3.09. The third kappa shape index (κ3) is 4.20. The molecule has 4 nitrogen and oxygen atoms in total. The van der Waals surface area contributed by atoms with Gasteiger partial charge in [0.05, 0.1) is 11.5 Å². The highest BCUT2D eigenvalue weighted by molar-refractivity contribution is 7.13. The van der Waals surface area contributed by atoms with Crippen LogP contribution in [-0.4, -0.2) is 22.1 Å². The van der Waals surface area contributed by atoms with Gasteiger partial charge in [-0.3, -0.25) is 4.79 Å². The van der Waals surface area contributed by atoms with Crippen LogP contribution in [0.3, 0.4) is 0 Å². The van der Waals surface area contributed by atoms with E-state index in [0.717, 1.165) is 31.6 Å². The molecule has 2 aromatic rings. The molecule has 0 aliphatic carbocycles. The maximum absolute atomic E-state index is 11.2. The molecule has 2 rings (SSSR count). The van der Waals surface area contributed by atoms with Gasteiger partial charge in [0.15, 0.2) is 0 Å². The van der Waals surface area contributed by atoms with Crippen molar-refractivity contribution in [2.75, 3.05) is 6.61 Å². The van der Waals surface area contributed by atoms with Gasteiger partial charge in [-0.15, -0.1) is 11.3 Å². The smallest absolute Gasteiger partial charge is 0.305 e. The lowest BCUT2D eigenvalue weighted by atomic mass is 10.2. The lowest BCUT2D eigenvalue weighted by Crippen LogP contribution is -2.04. The number of hydrogen-bond acceptors (Lipinski definition) is 4. The molecule has 0 aliphatic rings. The van der Waals surface area contributed by atoms with Crippen molar-refractivity contribution in [2.24, 2.45) is 0 Å². The number of carbonyl (C=O) groups is 1. The van der Waals surface area contributed by atoms with Gasteiger partial charge in [-0.1, -0.05) is 12.5 Å². The zero-order chi connectivity index (χ0) is 14.2. The lowest BCUT2D eigenvalue weighted by Gasteiger charge is -2.06. The molecular weight excluding hydrogens is 272 g/mol. The van der Waals surface area contributed by atoms with Gasteiger partial charge in [-0.05, 0) is 31.2 Å². The fraction of sp³-hybridized carbons (Fsp3) is 0.467. The van der Waals surface area contributed by atoms with Crippen molar-refractivity contribution >= 4 is 17.3 Å². The highest BCUT2D eigenvalue weighted by atomic mass is 32.1. The van der Waals surface area contributed by atoms with Crippen LogP contribution in [0.25, 0.3) is 10.7 Å². The first-order valence-corrected chi connectivity index (χ1v) is 7.90. The zero-order valence-corrected chi connectivity index (χ0v) is 12.6. The molecule has 0 aromatic carbocycles. The van der Waals surface area contributed by atoms with Crippen LogP contribution >= 0.6 is 11.3 Å². The average molecular weight is 292 g/mol. The van der Waals surface area contributed by atoms with E-state index in [9.17, 15) is 4.79 Å². The summed E-state index contributed by atoms with van der Waals surface area (Å²) in [4.78, 5) is 16.8. The Balaban J connectivity index is 1.73. The van der Waals surface area contributed by atoms with E-state index in [1.807, 2.05) is 25.4 Å². The van der Waals surface area contributed by atoms with Gasteiger partial charge < -0.3 is 9.30 Å². The molecule has 0 spiro atoms. The van der Waals surface area contributed by atoms with Crippen molar-refractivity contribution < 1.29 is 9.53 Å². The molecule has 0 saturated heterocycles. The van der Waals surface area contributed by atoms with Crippen LogP contribution in [0.5, 0.6) is 0 Å². The van der Waals surface area contributed by atoms with E-state index in [1.165, 1.54) is 4.88 Å². The van der Waals surface area contributed by atoms with Gasteiger partial charge in [0.2, 0.25) is 0 Å². The Morgan fingerprint density at radius 1 is 1.40 bits per heavy atom. The lowest BCUT2D eigenvalue weighted by molar-refractivity contribution is -0.143. The summed E-state index contributed by atoms with van der Waals surface area (Å²) < 4.78 is 7.09. The number of unbranched alkanes of at least 4 members (excludes halogenated alkanes) is 2. The normalized spacial score (nSPS) is 10.7. The zero-order valence-electron chi connectivity index (χ0n) is 11.7. The Bertz CT molecular complexity index is 520. The van der Waals surface area contributed by atoms with E-state index in [2.05, 4.69) is 21.0 Å². The Hall–Kier alpha value is -1.62. The van der Waals surface area contributed by atoms with Crippen LogP contribution in [0.15, 0.2) is 29.9 Å². The summed E-state index contributed by atoms with van der Waals surface area (Å²) in [7, 11) is 0. The molecule has 0 saturated carbocycles. The Morgan fingerprint density at radius 2 is 2.30 bits per heavy atom. The maximum atomic E-state index is 11.2. The van der Waals surface area contributed by atoms with Crippen LogP contribution in [0.4, 0.5) is 0 Å². The molecule has 5 heteroatoms. The van der Waals surface area contributed by atoms with Crippen LogP contribution in [-0.2, 0) is 16.1 Å². The predicted molar refractivity (Wildman–Crippen MR) is 80.6 cm³/mol. The number of imidazole rings is 1. The largest absolute Gasteiger partial charge is 0.466 e. The molecule has 0 aliphatic heterocycles. The van der Waals surface area contributed by atoms with E-state index in [1.54, 1.807) is 11.3 Å². The van der Waals surface area contributed by atoms with Crippen molar-refractivity contribution in [3.63, 3.8) is 0 Å². The van der Waals surface area contributed by atoms with Crippen LogP contribution in [0.1, 0.15) is 32.6 Å². The first kappa shape index (κ1) is 14.8. The SMILES string of the molecule is CCOC(=O)CCCCCn1ccnc1-c1cccs1. The third-order valence-corrected chi connectivity index (χ3v) is 3.91. The quantitative estimate of drug-likeness (QED) is 0.550. The monoisotopic (exact) mass is 292 g/mol. The summed E-state index contributed by atoms with van der Waals surface area (Å²) in [6, 6.07) is 4.13. The van der Waals surface area contributed by atoms with Crippen LogP contribution in [0.2, 0.25) is 0 Å². The molecule has 108 valence electrons. The van der Waals surface area contributed by atoms with E-state index in [4.69, 9.17) is 4.74 Å². The van der Waals surface area contributed by atoms with Crippen molar-refractivity contribution in [3.05, 3.63) is 29.9 Å². The van der Waals surface area contributed by atoms with E-state index < -0.39 is 0 Å². The molecule has 0 fully saturated rings. The van der Waals surface area contributed by atoms with Crippen molar-refractivity contribution in [1.29, 1.82) is 0 Å². The maximum Gasteiger partial charge on any atom is 0.305 e. The minimum atomic E-state index is -0.0885. The summed E-state index contributed by atoms with van der Waals surface area (Å²) in [5.41, 5.74) is 0. The minimum absolute atomic E-state index is 0.0885. The molecule has 0 N–H and O–H groups in total. The fourth-order valence-electron chi connectivity index (χ4n) is 2.08. The van der Waals surface area contributed by atoms with Gasteiger partial charge in [0.1, 0.15) is 5.82 Å². The van der Waals surface area contributed by atoms with Gasteiger partial charge in [-0.2, -0.15) is 0 Å². The summed E-state index contributed by atoms with van der Waals surface area (Å²) in [6.07, 6.45) is 7.35. The molecule has 20 heavy (non-hydrogen) atoms. The van der Waals surface area contributed by atoms with Gasteiger partial charge >= 0.3 is 5.97 Å². The summed E-state index contributed by atoms with van der Waals surface area (Å²) >= 11 is 1.70. The first-order chi connectivity index (χ1) is 9.81. The second-order valence-corrected chi connectivity index (χ2v) is 5.48. The number of aryl methyl sites for hydroxylation is 1. The van der Waals surface area contributed by atoms with E-state index in [0.29, 0.717) is 13.0 Å². The van der Waals surface area contributed by atoms with Crippen LogP contribution < -0.4 is 0 Å². The number of esters is 1. The minimum Gasteiger partial charge on any atom is -0.466 e. The number of hydrogen-bond donors (Lipinski definition) is 0. The number of aromatic nitrogens is 2. The topological polar surface area (TPSA) is 44.1 Å². The Labute approximate surface area is 123 Å². The highest BCUT2D eigenvalue weighted by Gasteiger charge is 2.06. The second kappa shape index (κ2) is 7.85.